The maximum atomic E-state index is 13.4. The van der Waals surface area contributed by atoms with E-state index < -0.39 is 83.4 Å². The SMILES string of the molecule is CC1(C)[C@@H]2[C@@H](C(=O)N[C@H](C[C@@H]3CCNC3=O)C(=O)COC(F)(F)F)N(C(=O)c3cc(C(F)(F)F)no3)C[C@@H]21. The van der Waals surface area contributed by atoms with E-state index in [2.05, 4.69) is 25.1 Å². The zero-order chi connectivity index (χ0) is 28.2. The number of alkyl halides is 6. The number of ether oxygens (including phenoxy) is 1. The third-order valence-electron chi connectivity index (χ3n) is 7.52. The lowest BCUT2D eigenvalue weighted by atomic mass is 9.94. The molecule has 3 amide bonds. The Morgan fingerprint density at radius 2 is 1.95 bits per heavy atom. The van der Waals surface area contributed by atoms with Crippen molar-refractivity contribution in [2.75, 3.05) is 19.7 Å². The first-order chi connectivity index (χ1) is 17.5. The van der Waals surface area contributed by atoms with Crippen LogP contribution in [0.15, 0.2) is 10.6 Å². The highest BCUT2D eigenvalue weighted by Crippen LogP contribution is 2.65. The molecule has 1 aromatic heterocycles. The van der Waals surface area contributed by atoms with Crippen LogP contribution >= 0.6 is 0 Å². The molecule has 0 unspecified atom stereocenters. The second-order valence-electron chi connectivity index (χ2n) is 10.2. The predicted molar refractivity (Wildman–Crippen MR) is 112 cm³/mol. The van der Waals surface area contributed by atoms with Crippen LogP contribution in [0.4, 0.5) is 26.3 Å². The first kappa shape index (κ1) is 27.9. The predicted octanol–water partition coefficient (Wildman–Crippen LogP) is 1.91. The second-order valence-corrected chi connectivity index (χ2v) is 10.2. The fourth-order valence-corrected chi connectivity index (χ4v) is 5.38. The fourth-order valence-electron chi connectivity index (χ4n) is 5.38. The van der Waals surface area contributed by atoms with Gasteiger partial charge in [-0.05, 0) is 30.1 Å². The Hall–Kier alpha value is -3.17. The summed E-state index contributed by atoms with van der Waals surface area (Å²) in [5, 5.41) is 7.75. The number of likely N-dealkylation sites (tertiary alicyclic amines) is 1. The van der Waals surface area contributed by atoms with Gasteiger partial charge in [0.05, 0.1) is 6.04 Å². The molecular weight excluding hydrogens is 530 g/mol. The van der Waals surface area contributed by atoms with Crippen molar-refractivity contribution in [3.05, 3.63) is 17.5 Å². The summed E-state index contributed by atoms with van der Waals surface area (Å²) in [6.45, 7) is 2.52. The molecule has 5 atom stereocenters. The van der Waals surface area contributed by atoms with Crippen molar-refractivity contribution in [3.8, 4) is 0 Å². The van der Waals surface area contributed by atoms with E-state index in [0.717, 1.165) is 4.90 Å². The standard InChI is InChI=1S/C22H24F6N4O6/c1-20(2)10-7-32(19(36)13-6-14(31-38-13)21(23,24)25)16(15(10)20)18(35)30-11(5-9-3-4-29-17(9)34)12(33)8-37-22(26,27)28/h6,9-11,15-16H,3-5,7-8H2,1-2H3,(H,29,34)(H,30,35)/t9-,10-,11+,15-,16-/m0/s1. The van der Waals surface area contributed by atoms with Gasteiger partial charge in [0.1, 0.15) is 12.6 Å². The molecule has 210 valence electrons. The van der Waals surface area contributed by atoms with Crippen LogP contribution in [0.3, 0.4) is 0 Å². The Kier molecular flexibility index (Phi) is 6.99. The molecule has 0 bridgehead atoms. The molecule has 2 saturated heterocycles. The van der Waals surface area contributed by atoms with Gasteiger partial charge in [-0.25, -0.2) is 0 Å². The summed E-state index contributed by atoms with van der Waals surface area (Å²) in [4.78, 5) is 52.0. The van der Waals surface area contributed by atoms with Gasteiger partial charge in [-0.15, -0.1) is 13.2 Å². The molecule has 1 aromatic rings. The third kappa shape index (κ3) is 5.49. The molecule has 2 N–H and O–H groups in total. The van der Waals surface area contributed by atoms with E-state index in [0.29, 0.717) is 6.07 Å². The fraction of sp³-hybridized carbons (Fsp3) is 0.682. The quantitative estimate of drug-likeness (QED) is 0.470. The zero-order valence-corrected chi connectivity index (χ0v) is 20.1. The lowest BCUT2D eigenvalue weighted by molar-refractivity contribution is -0.321. The van der Waals surface area contributed by atoms with Gasteiger partial charge >= 0.3 is 12.5 Å². The van der Waals surface area contributed by atoms with Gasteiger partial charge in [-0.1, -0.05) is 19.0 Å². The summed E-state index contributed by atoms with van der Waals surface area (Å²) in [5.41, 5.74) is -1.86. The smallest absolute Gasteiger partial charge is 0.356 e. The number of aromatic nitrogens is 1. The monoisotopic (exact) mass is 554 g/mol. The molecule has 0 radical (unpaired) electrons. The molecule has 1 saturated carbocycles. The van der Waals surface area contributed by atoms with E-state index in [-0.39, 0.29) is 31.8 Å². The van der Waals surface area contributed by atoms with Crippen LogP contribution in [-0.2, 0) is 25.3 Å². The minimum atomic E-state index is -5.11. The topological polar surface area (TPSA) is 131 Å². The van der Waals surface area contributed by atoms with Crippen molar-refractivity contribution in [2.24, 2.45) is 23.2 Å². The highest BCUT2D eigenvalue weighted by Gasteiger charge is 2.69. The first-order valence-electron chi connectivity index (χ1n) is 11.7. The number of nitrogens with zero attached hydrogens (tertiary/aromatic N) is 2. The minimum Gasteiger partial charge on any atom is -0.356 e. The van der Waals surface area contributed by atoms with Crippen LogP contribution in [0.25, 0.3) is 0 Å². The average Bonchev–Trinajstić information content (AvgIpc) is 3.35. The van der Waals surface area contributed by atoms with Crippen LogP contribution in [0, 0.1) is 23.2 Å². The molecule has 3 aliphatic rings. The highest BCUT2D eigenvalue weighted by atomic mass is 19.4. The number of halogens is 6. The zero-order valence-electron chi connectivity index (χ0n) is 20.1. The summed E-state index contributed by atoms with van der Waals surface area (Å²) in [5.74, 6) is -5.63. The van der Waals surface area contributed by atoms with E-state index in [1.165, 1.54) is 0 Å². The highest BCUT2D eigenvalue weighted by molar-refractivity contribution is 5.98. The van der Waals surface area contributed by atoms with Gasteiger partial charge in [0, 0.05) is 25.1 Å². The lowest BCUT2D eigenvalue weighted by Crippen LogP contribution is -2.54. The van der Waals surface area contributed by atoms with Crippen molar-refractivity contribution in [2.45, 2.75) is 51.3 Å². The van der Waals surface area contributed by atoms with Crippen LogP contribution in [0.1, 0.15) is 42.9 Å². The number of hydrogen-bond donors (Lipinski definition) is 2. The summed E-state index contributed by atoms with van der Waals surface area (Å²) in [6, 6.07) is -2.39. The number of carbonyl (C=O) groups excluding carboxylic acids is 4. The van der Waals surface area contributed by atoms with Crippen molar-refractivity contribution in [3.63, 3.8) is 0 Å². The van der Waals surface area contributed by atoms with E-state index in [4.69, 9.17) is 0 Å². The van der Waals surface area contributed by atoms with Crippen molar-refractivity contribution in [1.29, 1.82) is 0 Å². The molecule has 16 heteroatoms. The number of nitrogens with one attached hydrogen (secondary N) is 2. The average molecular weight is 554 g/mol. The van der Waals surface area contributed by atoms with Crippen LogP contribution in [-0.4, -0.2) is 71.7 Å². The van der Waals surface area contributed by atoms with Gasteiger partial charge in [0.2, 0.25) is 17.6 Å². The van der Waals surface area contributed by atoms with Crippen molar-refractivity contribution >= 4 is 23.5 Å². The maximum Gasteiger partial charge on any atom is 0.522 e. The molecule has 10 nitrogen and oxygen atoms in total. The van der Waals surface area contributed by atoms with Gasteiger partial charge in [-0.2, -0.15) is 13.2 Å². The van der Waals surface area contributed by atoms with Gasteiger partial charge in [-0.3, -0.25) is 23.9 Å². The van der Waals surface area contributed by atoms with Gasteiger partial charge < -0.3 is 20.1 Å². The second kappa shape index (κ2) is 9.54. The van der Waals surface area contributed by atoms with E-state index in [9.17, 15) is 45.5 Å². The van der Waals surface area contributed by atoms with Gasteiger partial charge in [0.25, 0.3) is 5.91 Å². The van der Waals surface area contributed by atoms with Crippen molar-refractivity contribution < 1.29 is 54.8 Å². The Labute approximate surface area is 211 Å². The van der Waals surface area contributed by atoms with Crippen molar-refractivity contribution in [1.82, 2.24) is 20.7 Å². The Morgan fingerprint density at radius 3 is 2.50 bits per heavy atom. The maximum absolute atomic E-state index is 13.4. The number of amides is 3. The molecule has 0 aromatic carbocycles. The number of piperidine rings is 1. The molecule has 38 heavy (non-hydrogen) atoms. The first-order valence-corrected chi connectivity index (χ1v) is 11.7. The van der Waals surface area contributed by atoms with Crippen LogP contribution in [0.5, 0.6) is 0 Å². The molecule has 3 fully saturated rings. The molecule has 2 aliphatic heterocycles. The van der Waals surface area contributed by atoms with Gasteiger partial charge in [0.15, 0.2) is 11.5 Å². The summed E-state index contributed by atoms with van der Waals surface area (Å²) in [6.07, 6.45) is -9.99. The summed E-state index contributed by atoms with van der Waals surface area (Å²) < 4.78 is 84.5. The molecule has 0 spiro atoms. The Morgan fingerprint density at radius 1 is 1.26 bits per heavy atom. The van der Waals surface area contributed by atoms with E-state index >= 15 is 0 Å². The lowest BCUT2D eigenvalue weighted by Gasteiger charge is -2.31. The number of fused-ring (bicyclic) bond motifs is 1. The molecule has 4 rings (SSSR count). The normalized spacial score (nSPS) is 27.1. The third-order valence-corrected chi connectivity index (χ3v) is 7.52. The Balaban J connectivity index is 1.54. The summed E-state index contributed by atoms with van der Waals surface area (Å²) in [7, 11) is 0. The number of ketones is 1. The molecule has 3 heterocycles. The number of hydrogen-bond acceptors (Lipinski definition) is 7. The number of Topliss-reactive ketones (excluding diaryl/α,β-unsaturated/α-hetero) is 1. The molecular formula is C22H24F6N4O6. The largest absolute Gasteiger partial charge is 0.522 e. The van der Waals surface area contributed by atoms with E-state index in [1.807, 2.05) is 13.8 Å². The molecule has 1 aliphatic carbocycles. The van der Waals surface area contributed by atoms with E-state index in [1.54, 1.807) is 0 Å². The Bertz CT molecular complexity index is 1130. The van der Waals surface area contributed by atoms with Crippen LogP contribution < -0.4 is 10.6 Å². The number of rotatable bonds is 8. The number of carbonyl (C=O) groups is 4. The summed E-state index contributed by atoms with van der Waals surface area (Å²) >= 11 is 0. The van der Waals surface area contributed by atoms with Crippen LogP contribution in [0.2, 0.25) is 0 Å². The minimum absolute atomic E-state index is 0.00251.